The lowest BCUT2D eigenvalue weighted by atomic mass is 9.94. The Labute approximate surface area is 244 Å². The van der Waals surface area contributed by atoms with Crippen LogP contribution < -0.4 is 9.80 Å². The molecule has 0 bridgehead atoms. The van der Waals surface area contributed by atoms with Gasteiger partial charge in [-0.1, -0.05) is 18.9 Å². The topological polar surface area (TPSA) is 76.4 Å². The molecule has 2 aliphatic heterocycles. The number of tetrazole rings is 1. The number of benzene rings is 2. The minimum absolute atomic E-state index is 0.0253. The second kappa shape index (κ2) is 11.8. The number of aryl methyl sites for hydroxylation is 1. The number of rotatable bonds is 7. The molecular formula is C29H32F6N6O2. The number of alkyl halides is 6. The van der Waals surface area contributed by atoms with E-state index in [1.54, 1.807) is 9.80 Å². The molecule has 43 heavy (non-hydrogen) atoms. The molecule has 2 aromatic carbocycles. The van der Waals surface area contributed by atoms with E-state index in [0.717, 1.165) is 23.3 Å². The van der Waals surface area contributed by atoms with Crippen molar-refractivity contribution < 1.29 is 35.9 Å². The van der Waals surface area contributed by atoms with Crippen molar-refractivity contribution in [3.8, 4) is 0 Å². The fourth-order valence-electron chi connectivity index (χ4n) is 5.88. The van der Waals surface area contributed by atoms with E-state index in [2.05, 4.69) is 15.4 Å². The van der Waals surface area contributed by atoms with Gasteiger partial charge in [-0.2, -0.15) is 31.1 Å². The van der Waals surface area contributed by atoms with Crippen molar-refractivity contribution in [2.24, 2.45) is 13.0 Å². The maximum atomic E-state index is 13.7. The van der Waals surface area contributed by atoms with Crippen LogP contribution in [0.5, 0.6) is 0 Å². The van der Waals surface area contributed by atoms with Crippen molar-refractivity contribution >= 4 is 17.5 Å². The van der Waals surface area contributed by atoms with E-state index < -0.39 is 29.5 Å². The number of nitrogens with zero attached hydrogens (tertiary/aromatic N) is 6. The van der Waals surface area contributed by atoms with Gasteiger partial charge in [0, 0.05) is 24.7 Å². The lowest BCUT2D eigenvalue weighted by Crippen LogP contribution is -2.37. The van der Waals surface area contributed by atoms with Crippen molar-refractivity contribution in [2.75, 3.05) is 16.3 Å². The fourth-order valence-corrected chi connectivity index (χ4v) is 5.88. The zero-order valence-electron chi connectivity index (χ0n) is 24.0. The molecule has 5 rings (SSSR count). The normalized spacial score (nSPS) is 17.2. The second-order valence-electron chi connectivity index (χ2n) is 11.0. The first-order chi connectivity index (χ1) is 20.3. The molecule has 1 aromatic heterocycles. The van der Waals surface area contributed by atoms with Gasteiger partial charge in [-0.3, -0.25) is 4.79 Å². The van der Waals surface area contributed by atoms with Gasteiger partial charge in [0.2, 0.25) is 5.91 Å². The van der Waals surface area contributed by atoms with Crippen LogP contribution in [0.1, 0.15) is 79.0 Å². The minimum Gasteiger partial charge on any atom is -0.372 e. The fraction of sp³-hybridized carbons (Fsp3) is 0.517. The molecule has 0 N–H and O–H groups in total. The highest BCUT2D eigenvalue weighted by Gasteiger charge is 2.39. The molecule has 0 saturated heterocycles. The van der Waals surface area contributed by atoms with E-state index in [4.69, 9.17) is 4.74 Å². The molecule has 232 valence electrons. The molecule has 3 heterocycles. The third-order valence-electron chi connectivity index (χ3n) is 8.11. The van der Waals surface area contributed by atoms with Gasteiger partial charge in [0.1, 0.15) is 0 Å². The smallest absolute Gasteiger partial charge is 0.372 e. The third kappa shape index (κ3) is 6.34. The van der Waals surface area contributed by atoms with Crippen LogP contribution in [0.25, 0.3) is 0 Å². The Hall–Kier alpha value is -3.68. The highest BCUT2D eigenvalue weighted by atomic mass is 19.4. The Bertz CT molecular complexity index is 1450. The summed E-state index contributed by atoms with van der Waals surface area (Å²) in [4.78, 5) is 18.2. The van der Waals surface area contributed by atoms with Gasteiger partial charge < -0.3 is 14.5 Å². The highest BCUT2D eigenvalue weighted by Crippen LogP contribution is 2.43. The Balaban J connectivity index is 1.65. The van der Waals surface area contributed by atoms with Crippen LogP contribution in [-0.2, 0) is 48.7 Å². The van der Waals surface area contributed by atoms with Crippen LogP contribution in [-0.4, -0.2) is 32.7 Å². The van der Waals surface area contributed by atoms with E-state index in [1.165, 1.54) is 11.8 Å². The molecular weight excluding hydrogens is 578 g/mol. The summed E-state index contributed by atoms with van der Waals surface area (Å²) in [5.41, 5.74) is 0.179. The second-order valence-corrected chi connectivity index (χ2v) is 11.0. The van der Waals surface area contributed by atoms with E-state index in [9.17, 15) is 31.1 Å². The van der Waals surface area contributed by atoms with Gasteiger partial charge >= 0.3 is 12.4 Å². The van der Waals surface area contributed by atoms with Crippen LogP contribution in [0.3, 0.4) is 0 Å². The van der Waals surface area contributed by atoms with Crippen LogP contribution in [0.15, 0.2) is 30.3 Å². The van der Waals surface area contributed by atoms with Gasteiger partial charge in [0.05, 0.1) is 37.4 Å². The molecule has 0 spiro atoms. The maximum absolute atomic E-state index is 13.7. The number of fused-ring (bicyclic) bond motifs is 2. The number of amides is 1. The van der Waals surface area contributed by atoms with Crippen LogP contribution in [0.4, 0.5) is 38.0 Å². The zero-order valence-corrected chi connectivity index (χ0v) is 24.0. The standard InChI is InChI=1S/C29H32F6N6O2/c1-4-18(5-2)26(42)40-8-6-7-24(23-11-19-15-43-16-20(19)12-25(23)40)41(27-36-38-39(3)37-27)14-17-9-21(28(30,31)32)13-22(10-17)29(33,34)35/h9-13,18,24H,4-8,14-16H2,1-3H3/t24-/m0/s1. The van der Waals surface area contributed by atoms with Gasteiger partial charge in [-0.05, 0) is 83.5 Å². The molecule has 0 aliphatic carbocycles. The predicted octanol–water partition coefficient (Wildman–Crippen LogP) is 6.59. The summed E-state index contributed by atoms with van der Waals surface area (Å²) in [5, 5.41) is 12.3. The zero-order chi connectivity index (χ0) is 31.1. The Morgan fingerprint density at radius 1 is 1.00 bits per heavy atom. The Morgan fingerprint density at radius 2 is 1.63 bits per heavy atom. The van der Waals surface area contributed by atoms with Crippen molar-refractivity contribution in [2.45, 2.75) is 77.7 Å². The number of ether oxygens (including phenoxy) is 1. The number of aromatic nitrogens is 4. The SMILES string of the molecule is CCC(CC)C(=O)N1CCC[C@H](N(Cc2cc(C(F)(F)F)cc(C(F)(F)F)c2)c2nnn(C)n2)c2cc3c(cc21)COC3. The molecule has 0 unspecified atom stereocenters. The van der Waals surface area contributed by atoms with Crippen LogP contribution >= 0.6 is 0 Å². The Morgan fingerprint density at radius 3 is 2.19 bits per heavy atom. The summed E-state index contributed by atoms with van der Waals surface area (Å²) in [6, 6.07) is 4.81. The first-order valence-corrected chi connectivity index (χ1v) is 14.1. The lowest BCUT2D eigenvalue weighted by molar-refractivity contribution is -0.143. The molecule has 0 saturated carbocycles. The average molecular weight is 611 g/mol. The van der Waals surface area contributed by atoms with E-state index in [1.807, 2.05) is 26.0 Å². The number of halogens is 6. The minimum atomic E-state index is -4.99. The molecule has 0 fully saturated rings. The molecule has 3 aromatic rings. The summed E-state index contributed by atoms with van der Waals surface area (Å²) in [5.74, 6) is -0.179. The largest absolute Gasteiger partial charge is 0.416 e. The summed E-state index contributed by atoms with van der Waals surface area (Å²) >= 11 is 0. The van der Waals surface area contributed by atoms with Crippen molar-refractivity contribution in [3.05, 3.63) is 63.7 Å². The maximum Gasteiger partial charge on any atom is 0.416 e. The number of carbonyl (C=O) groups is 1. The first kappa shape index (κ1) is 30.8. The Kier molecular flexibility index (Phi) is 8.43. The van der Waals surface area contributed by atoms with Gasteiger partial charge in [-0.25, -0.2) is 0 Å². The predicted molar refractivity (Wildman–Crippen MR) is 145 cm³/mol. The van der Waals surface area contributed by atoms with Crippen molar-refractivity contribution in [1.82, 2.24) is 20.2 Å². The number of carbonyl (C=O) groups excluding carboxylic acids is 1. The van der Waals surface area contributed by atoms with E-state index in [0.29, 0.717) is 56.7 Å². The molecule has 0 radical (unpaired) electrons. The van der Waals surface area contributed by atoms with Crippen molar-refractivity contribution in [1.29, 1.82) is 0 Å². The summed E-state index contributed by atoms with van der Waals surface area (Å²) in [6.45, 7) is 4.67. The van der Waals surface area contributed by atoms with Crippen LogP contribution in [0.2, 0.25) is 0 Å². The van der Waals surface area contributed by atoms with E-state index >= 15 is 0 Å². The molecule has 1 atom stereocenters. The molecule has 1 amide bonds. The monoisotopic (exact) mass is 610 g/mol. The number of hydrogen-bond acceptors (Lipinski definition) is 6. The summed E-state index contributed by atoms with van der Waals surface area (Å²) in [6.07, 6.45) is -7.70. The molecule has 2 aliphatic rings. The summed E-state index contributed by atoms with van der Waals surface area (Å²) in [7, 11) is 1.52. The highest BCUT2D eigenvalue weighted by molar-refractivity contribution is 5.96. The van der Waals surface area contributed by atoms with E-state index in [-0.39, 0.29) is 35.9 Å². The van der Waals surface area contributed by atoms with Gasteiger partial charge in [-0.15, -0.1) is 5.10 Å². The van der Waals surface area contributed by atoms with Crippen molar-refractivity contribution in [3.63, 3.8) is 0 Å². The van der Waals surface area contributed by atoms with Gasteiger partial charge in [0.25, 0.3) is 5.95 Å². The number of anilines is 2. The summed E-state index contributed by atoms with van der Waals surface area (Å²) < 4.78 is 87.9. The average Bonchev–Trinajstić information content (AvgIpc) is 3.55. The quantitative estimate of drug-likeness (QED) is 0.281. The lowest BCUT2D eigenvalue weighted by Gasteiger charge is -2.33. The number of hydrogen-bond donors (Lipinski definition) is 0. The first-order valence-electron chi connectivity index (χ1n) is 14.1. The molecule has 8 nitrogen and oxygen atoms in total. The van der Waals surface area contributed by atoms with Crippen LogP contribution in [0, 0.1) is 5.92 Å². The third-order valence-corrected chi connectivity index (χ3v) is 8.11. The van der Waals surface area contributed by atoms with Gasteiger partial charge in [0.15, 0.2) is 0 Å². The molecule has 14 heteroatoms.